The number of carbonyl (C=O) groups is 1. The molecular formula is C29H40N4O8. The second kappa shape index (κ2) is 16.5. The molecule has 3 aromatic rings. The number of carbonyl (C=O) groups excluding carboxylic acids is 1. The Morgan fingerprint density at radius 3 is 2.54 bits per heavy atom. The number of nitrogens with one attached hydrogen (secondary N) is 2. The van der Waals surface area contributed by atoms with E-state index in [4.69, 9.17) is 4.74 Å². The molecule has 12 heteroatoms. The smallest absolute Gasteiger partial charge is 0.386 e. The van der Waals surface area contributed by atoms with Gasteiger partial charge in [-0.05, 0) is 78.9 Å². The highest BCUT2D eigenvalue weighted by atomic mass is 16.7. The molecule has 1 heterocycles. The van der Waals surface area contributed by atoms with Crippen LogP contribution in [0.1, 0.15) is 68.2 Å². The van der Waals surface area contributed by atoms with Crippen LogP contribution >= 0.6 is 0 Å². The third kappa shape index (κ3) is 10.0. The van der Waals surface area contributed by atoms with Gasteiger partial charge < -0.3 is 30.2 Å². The van der Waals surface area contributed by atoms with E-state index < -0.39 is 23.5 Å². The number of benzene rings is 2. The number of ether oxygens (including phenoxy) is 1. The molecule has 0 bridgehead atoms. The first-order valence-corrected chi connectivity index (χ1v) is 13.9. The number of rotatable bonds is 18. The number of aliphatic hydroxyl groups is 2. The Morgan fingerprint density at radius 1 is 1.02 bits per heavy atom. The van der Waals surface area contributed by atoms with Gasteiger partial charge in [0, 0.05) is 32.2 Å². The predicted octanol–water partition coefficient (Wildman–Crippen LogP) is 1.72. The number of hydrogen-bond donors (Lipinski definition) is 5. The van der Waals surface area contributed by atoms with Crippen LogP contribution in [0.4, 0.5) is 0 Å². The Morgan fingerprint density at radius 2 is 1.78 bits per heavy atom. The molecule has 0 aliphatic carbocycles. The van der Waals surface area contributed by atoms with E-state index in [9.17, 15) is 29.7 Å². The number of aliphatic hydroxyl groups excluding tert-OH is 2. The van der Waals surface area contributed by atoms with Crippen LogP contribution in [0, 0.1) is 0 Å². The maximum Gasteiger partial charge on any atom is 0.386 e. The van der Waals surface area contributed by atoms with Crippen LogP contribution in [0.3, 0.4) is 0 Å². The summed E-state index contributed by atoms with van der Waals surface area (Å²) in [4.78, 5) is 40.9. The highest BCUT2D eigenvalue weighted by molar-refractivity contribution is 5.66. The molecule has 12 nitrogen and oxygen atoms in total. The summed E-state index contributed by atoms with van der Waals surface area (Å²) in [5, 5.41) is 34.6. The van der Waals surface area contributed by atoms with Gasteiger partial charge in [0.05, 0.1) is 18.4 Å². The molecule has 0 spiro atoms. The minimum absolute atomic E-state index is 0.0221. The lowest BCUT2D eigenvalue weighted by Gasteiger charge is -2.14. The van der Waals surface area contributed by atoms with Crippen LogP contribution in [0.5, 0.6) is 5.75 Å². The van der Waals surface area contributed by atoms with E-state index in [1.807, 2.05) is 6.07 Å². The van der Waals surface area contributed by atoms with Gasteiger partial charge in [0.25, 0.3) is 0 Å². The molecule has 41 heavy (non-hydrogen) atoms. The molecule has 0 aliphatic rings. The SMILES string of the molecule is CC(=O)On1[nH]c(=O)n(-c2cccc(CCCCOCCCCCCNC[C@@H](O)c3ccc(O)c(CO)c3)c2)c1=O. The topological polar surface area (TPSA) is 168 Å². The molecule has 2 aromatic carbocycles. The largest absolute Gasteiger partial charge is 0.508 e. The van der Waals surface area contributed by atoms with Gasteiger partial charge in [0.15, 0.2) is 0 Å². The highest BCUT2D eigenvalue weighted by Crippen LogP contribution is 2.22. The zero-order valence-electron chi connectivity index (χ0n) is 23.4. The third-order valence-corrected chi connectivity index (χ3v) is 6.55. The molecule has 0 amide bonds. The molecule has 0 saturated heterocycles. The Bertz CT molecular complexity index is 1360. The van der Waals surface area contributed by atoms with Gasteiger partial charge in [0.2, 0.25) is 0 Å². The lowest BCUT2D eigenvalue weighted by atomic mass is 10.1. The fraction of sp³-hybridized carbons (Fsp3) is 0.483. The summed E-state index contributed by atoms with van der Waals surface area (Å²) < 4.78 is 6.66. The number of aryl methyl sites for hydroxylation is 1. The summed E-state index contributed by atoms with van der Waals surface area (Å²) in [6.45, 7) is 3.44. The number of nitrogens with zero attached hydrogens (tertiary/aromatic N) is 2. The van der Waals surface area contributed by atoms with E-state index in [0.29, 0.717) is 41.4 Å². The van der Waals surface area contributed by atoms with Crippen LogP contribution in [0.25, 0.3) is 5.69 Å². The highest BCUT2D eigenvalue weighted by Gasteiger charge is 2.14. The lowest BCUT2D eigenvalue weighted by Crippen LogP contribution is -2.32. The summed E-state index contributed by atoms with van der Waals surface area (Å²) in [7, 11) is 0. The van der Waals surface area contributed by atoms with Gasteiger partial charge in [-0.15, -0.1) is 0 Å². The Labute approximate surface area is 238 Å². The van der Waals surface area contributed by atoms with Gasteiger partial charge in [-0.25, -0.2) is 24.0 Å². The van der Waals surface area contributed by atoms with Crippen molar-refractivity contribution >= 4 is 5.97 Å². The summed E-state index contributed by atoms with van der Waals surface area (Å²) in [6.07, 6.45) is 5.96. The maximum atomic E-state index is 12.4. The van der Waals surface area contributed by atoms with E-state index in [2.05, 4.69) is 15.3 Å². The van der Waals surface area contributed by atoms with Crippen molar-refractivity contribution in [1.29, 1.82) is 0 Å². The molecule has 1 atom stereocenters. The Hall–Kier alpha value is -3.71. The van der Waals surface area contributed by atoms with Crippen molar-refractivity contribution in [3.05, 3.63) is 80.1 Å². The molecular weight excluding hydrogens is 532 g/mol. The second-order valence-electron chi connectivity index (χ2n) is 9.83. The number of aromatic amines is 1. The molecule has 1 aromatic heterocycles. The number of aromatic nitrogens is 3. The average Bonchev–Trinajstić information content (AvgIpc) is 3.22. The average molecular weight is 573 g/mol. The van der Waals surface area contributed by atoms with E-state index in [-0.39, 0.29) is 12.4 Å². The summed E-state index contributed by atoms with van der Waals surface area (Å²) in [5.41, 5.74) is 0.962. The normalized spacial score (nSPS) is 12.0. The first kappa shape index (κ1) is 31.8. The van der Waals surface area contributed by atoms with Crippen LogP contribution in [0.2, 0.25) is 0 Å². The monoisotopic (exact) mass is 572 g/mol. The lowest BCUT2D eigenvalue weighted by molar-refractivity contribution is -0.143. The first-order chi connectivity index (χ1) is 19.8. The number of unbranched alkanes of at least 4 members (excludes halogenated alkanes) is 4. The zero-order valence-corrected chi connectivity index (χ0v) is 23.4. The molecule has 0 saturated carbocycles. The van der Waals surface area contributed by atoms with Gasteiger partial charge in [0.1, 0.15) is 5.75 Å². The number of phenols is 1. The molecule has 0 radical (unpaired) electrons. The van der Waals surface area contributed by atoms with Gasteiger partial charge in [-0.1, -0.05) is 31.0 Å². The first-order valence-electron chi connectivity index (χ1n) is 13.9. The molecule has 5 N–H and O–H groups in total. The van der Waals surface area contributed by atoms with Crippen LogP contribution in [-0.2, 0) is 22.6 Å². The maximum absolute atomic E-state index is 12.4. The number of hydrogen-bond acceptors (Lipinski definition) is 9. The summed E-state index contributed by atoms with van der Waals surface area (Å²) in [6, 6.07) is 11.9. The van der Waals surface area contributed by atoms with E-state index >= 15 is 0 Å². The van der Waals surface area contributed by atoms with Gasteiger partial charge in [-0.2, -0.15) is 0 Å². The fourth-order valence-electron chi connectivity index (χ4n) is 4.37. The molecule has 0 unspecified atom stereocenters. The van der Waals surface area contributed by atoms with Gasteiger partial charge >= 0.3 is 17.3 Å². The van der Waals surface area contributed by atoms with Crippen molar-refractivity contribution in [3.63, 3.8) is 0 Å². The molecule has 224 valence electrons. The van der Waals surface area contributed by atoms with Crippen LogP contribution in [0.15, 0.2) is 52.1 Å². The summed E-state index contributed by atoms with van der Waals surface area (Å²) in [5.74, 6) is -0.696. The number of H-pyrrole nitrogens is 1. The van der Waals surface area contributed by atoms with Crippen molar-refractivity contribution < 1.29 is 29.7 Å². The molecule has 3 rings (SSSR count). The van der Waals surface area contributed by atoms with Crippen LogP contribution < -0.4 is 21.5 Å². The standard InChI is InChI=1S/C29H40N4O8/c1-21(35)41-33-29(39)32(28(38)31-33)25-11-8-10-22(17-25)9-4-7-16-40-15-6-3-2-5-14-30-19-27(37)23-12-13-26(36)24(18-23)20-34/h8,10-13,17-18,27,30,34,36-37H,2-7,9,14-16,19-20H2,1H3,(H,31,38)/t27-/m1/s1. The number of aromatic hydroxyl groups is 1. The van der Waals surface area contributed by atoms with E-state index in [0.717, 1.165) is 68.5 Å². The third-order valence-electron chi connectivity index (χ3n) is 6.55. The van der Waals surface area contributed by atoms with Crippen molar-refractivity contribution in [3.8, 4) is 11.4 Å². The van der Waals surface area contributed by atoms with Gasteiger partial charge in [-0.3, -0.25) is 0 Å². The van der Waals surface area contributed by atoms with Crippen LogP contribution in [-0.4, -0.2) is 62.1 Å². The Balaban J connectivity index is 1.23. The molecule has 0 fully saturated rings. The van der Waals surface area contributed by atoms with E-state index in [1.54, 1.807) is 30.3 Å². The van der Waals surface area contributed by atoms with Crippen molar-refractivity contribution in [2.45, 2.75) is 64.6 Å². The zero-order chi connectivity index (χ0) is 29.6. The van der Waals surface area contributed by atoms with Crippen molar-refractivity contribution in [2.24, 2.45) is 0 Å². The summed E-state index contributed by atoms with van der Waals surface area (Å²) >= 11 is 0. The molecule has 0 aliphatic heterocycles. The van der Waals surface area contributed by atoms with Crippen molar-refractivity contribution in [1.82, 2.24) is 19.8 Å². The predicted molar refractivity (Wildman–Crippen MR) is 152 cm³/mol. The quantitative estimate of drug-likeness (QED) is 0.143. The fourth-order valence-corrected chi connectivity index (χ4v) is 4.37. The second-order valence-corrected chi connectivity index (χ2v) is 9.83. The minimum Gasteiger partial charge on any atom is -0.508 e. The van der Waals surface area contributed by atoms with Crippen molar-refractivity contribution in [2.75, 3.05) is 26.3 Å². The Kier molecular flexibility index (Phi) is 12.8. The van der Waals surface area contributed by atoms with E-state index in [1.165, 1.54) is 6.07 Å². The minimum atomic E-state index is -0.783.